The average Bonchev–Trinajstić information content (AvgIpc) is 2.64. The molecule has 0 N–H and O–H groups in total. The number of phosphoric ester groups is 1. The molecule has 0 spiro atoms. The smallest absolute Gasteiger partial charge is 0.450 e. The van der Waals surface area contributed by atoms with E-state index in [4.69, 9.17) is 18.3 Å². The monoisotopic (exact) mass is 300 g/mol. The molecule has 7 heteroatoms. The van der Waals surface area contributed by atoms with Gasteiger partial charge in [0.2, 0.25) is 0 Å². The minimum absolute atomic E-state index is 0.0322. The summed E-state index contributed by atoms with van der Waals surface area (Å²) in [4.78, 5) is 11.3. The molecule has 0 bridgehead atoms. The van der Waals surface area contributed by atoms with Crippen molar-refractivity contribution in [2.45, 2.75) is 38.4 Å². The van der Waals surface area contributed by atoms with E-state index < -0.39 is 19.4 Å². The van der Waals surface area contributed by atoms with Gasteiger partial charge in [-0.3, -0.25) is 13.8 Å². The molecule has 1 heterocycles. The van der Waals surface area contributed by atoms with Crippen LogP contribution in [0.25, 0.3) is 0 Å². The molecule has 0 saturated carbocycles. The Hall–Kier alpha value is -1.10. The molecule has 3 rings (SSSR count). The number of hydrogen-bond donors (Lipinski definition) is 0. The van der Waals surface area contributed by atoms with Gasteiger partial charge in [-0.15, -0.1) is 0 Å². The maximum absolute atomic E-state index is 12.4. The SMILES string of the molecule is CC(=O)OC12CC=CC1C=C2OP1(=O)OCCC(C)O1. The molecule has 0 amide bonds. The van der Waals surface area contributed by atoms with Gasteiger partial charge >= 0.3 is 13.8 Å². The van der Waals surface area contributed by atoms with E-state index in [-0.39, 0.29) is 12.0 Å². The van der Waals surface area contributed by atoms with Crippen molar-refractivity contribution in [3.8, 4) is 0 Å². The molecule has 6 nitrogen and oxygen atoms in total. The molecule has 3 aliphatic rings. The Kier molecular flexibility index (Phi) is 3.27. The van der Waals surface area contributed by atoms with Crippen molar-refractivity contribution in [2.24, 2.45) is 5.92 Å². The second-order valence-corrected chi connectivity index (χ2v) is 6.79. The first-order valence-electron chi connectivity index (χ1n) is 6.65. The van der Waals surface area contributed by atoms with Crippen LogP contribution in [0.4, 0.5) is 0 Å². The molecular formula is C13H17O6P. The molecule has 1 saturated heterocycles. The highest BCUT2D eigenvalue weighted by atomic mass is 31.2. The Morgan fingerprint density at radius 2 is 2.35 bits per heavy atom. The van der Waals surface area contributed by atoms with Gasteiger partial charge in [0.25, 0.3) is 0 Å². The van der Waals surface area contributed by atoms with Crippen molar-refractivity contribution in [3.05, 3.63) is 24.0 Å². The quantitative estimate of drug-likeness (QED) is 0.453. The summed E-state index contributed by atoms with van der Waals surface area (Å²) >= 11 is 0. The third kappa shape index (κ3) is 2.22. The highest BCUT2D eigenvalue weighted by Crippen LogP contribution is 2.60. The minimum Gasteiger partial charge on any atom is -0.450 e. The zero-order valence-electron chi connectivity index (χ0n) is 11.4. The number of fused-ring (bicyclic) bond motifs is 1. The lowest BCUT2D eigenvalue weighted by Crippen LogP contribution is -2.47. The van der Waals surface area contributed by atoms with E-state index in [1.165, 1.54) is 6.92 Å². The van der Waals surface area contributed by atoms with Gasteiger partial charge in [0, 0.05) is 19.3 Å². The molecule has 1 fully saturated rings. The van der Waals surface area contributed by atoms with E-state index in [1.54, 1.807) is 6.08 Å². The van der Waals surface area contributed by atoms with Crippen LogP contribution in [0.15, 0.2) is 24.0 Å². The first-order valence-corrected chi connectivity index (χ1v) is 8.11. The Labute approximate surface area is 117 Å². The number of carbonyl (C=O) groups is 1. The summed E-state index contributed by atoms with van der Waals surface area (Å²) in [6.07, 6.45) is 6.64. The lowest BCUT2D eigenvalue weighted by molar-refractivity contribution is -0.161. The fourth-order valence-corrected chi connectivity index (χ4v) is 4.16. The summed E-state index contributed by atoms with van der Waals surface area (Å²) in [5.74, 6) is -0.0691. The van der Waals surface area contributed by atoms with E-state index in [0.717, 1.165) is 0 Å². The maximum atomic E-state index is 12.4. The van der Waals surface area contributed by atoms with Crippen molar-refractivity contribution in [1.82, 2.24) is 0 Å². The molecule has 0 aromatic heterocycles. The van der Waals surface area contributed by atoms with E-state index in [9.17, 15) is 9.36 Å². The summed E-state index contributed by atoms with van der Waals surface area (Å²) in [5, 5.41) is 0. The number of ether oxygens (including phenoxy) is 1. The highest BCUT2D eigenvalue weighted by Gasteiger charge is 2.56. The number of hydrogen-bond acceptors (Lipinski definition) is 6. The van der Waals surface area contributed by atoms with Gasteiger partial charge in [-0.25, -0.2) is 4.57 Å². The van der Waals surface area contributed by atoms with Crippen molar-refractivity contribution in [2.75, 3.05) is 6.61 Å². The molecule has 20 heavy (non-hydrogen) atoms. The van der Waals surface area contributed by atoms with E-state index in [2.05, 4.69) is 0 Å². The van der Waals surface area contributed by atoms with Crippen LogP contribution in [-0.2, 0) is 27.7 Å². The molecule has 2 aliphatic carbocycles. The van der Waals surface area contributed by atoms with Gasteiger partial charge in [-0.1, -0.05) is 12.2 Å². The van der Waals surface area contributed by atoms with Crippen LogP contribution in [0.2, 0.25) is 0 Å². The number of esters is 1. The van der Waals surface area contributed by atoms with Crippen molar-refractivity contribution < 1.29 is 27.7 Å². The van der Waals surface area contributed by atoms with Crippen LogP contribution in [0.3, 0.4) is 0 Å². The number of carbonyl (C=O) groups excluding carboxylic acids is 1. The summed E-state index contributed by atoms with van der Waals surface area (Å²) in [7, 11) is -3.61. The predicted molar refractivity (Wildman–Crippen MR) is 69.6 cm³/mol. The maximum Gasteiger partial charge on any atom is 0.530 e. The van der Waals surface area contributed by atoms with Gasteiger partial charge in [0.15, 0.2) is 11.4 Å². The van der Waals surface area contributed by atoms with Crippen molar-refractivity contribution in [1.29, 1.82) is 0 Å². The van der Waals surface area contributed by atoms with Gasteiger partial charge in [0.1, 0.15) is 0 Å². The molecule has 110 valence electrons. The highest BCUT2D eigenvalue weighted by molar-refractivity contribution is 7.48. The Balaban J connectivity index is 1.76. The predicted octanol–water partition coefficient (Wildman–Crippen LogP) is 2.71. The van der Waals surface area contributed by atoms with Crippen LogP contribution in [-0.4, -0.2) is 24.3 Å². The molecule has 0 aromatic rings. The van der Waals surface area contributed by atoms with Gasteiger partial charge in [-0.05, 0) is 19.4 Å². The molecule has 0 aromatic carbocycles. The third-order valence-corrected chi connectivity index (χ3v) is 5.21. The molecular weight excluding hydrogens is 283 g/mol. The Bertz CT molecular complexity index is 539. The number of rotatable bonds is 3. The lowest BCUT2D eigenvalue weighted by Gasteiger charge is -2.43. The van der Waals surface area contributed by atoms with Crippen molar-refractivity contribution >= 4 is 13.8 Å². The van der Waals surface area contributed by atoms with Crippen LogP contribution in [0.5, 0.6) is 0 Å². The Morgan fingerprint density at radius 1 is 1.55 bits per heavy atom. The first kappa shape index (κ1) is 13.9. The van der Waals surface area contributed by atoms with Gasteiger partial charge < -0.3 is 9.26 Å². The van der Waals surface area contributed by atoms with Crippen molar-refractivity contribution in [3.63, 3.8) is 0 Å². The van der Waals surface area contributed by atoms with Crippen LogP contribution >= 0.6 is 7.82 Å². The van der Waals surface area contributed by atoms with Crippen LogP contribution < -0.4 is 0 Å². The minimum atomic E-state index is -3.61. The average molecular weight is 300 g/mol. The molecule has 4 unspecified atom stereocenters. The summed E-state index contributed by atoms with van der Waals surface area (Å²) in [6.45, 7) is 3.49. The van der Waals surface area contributed by atoms with E-state index in [1.807, 2.05) is 19.1 Å². The van der Waals surface area contributed by atoms with E-state index >= 15 is 0 Å². The topological polar surface area (TPSA) is 71.1 Å². The van der Waals surface area contributed by atoms with Gasteiger partial charge in [-0.2, -0.15) is 0 Å². The summed E-state index contributed by atoms with van der Waals surface area (Å²) < 4.78 is 33.7. The molecule has 1 aliphatic heterocycles. The fourth-order valence-electron chi connectivity index (χ4n) is 2.67. The second kappa shape index (κ2) is 4.72. The van der Waals surface area contributed by atoms with E-state index in [0.29, 0.717) is 25.2 Å². The number of phosphoric acid groups is 1. The Morgan fingerprint density at radius 3 is 3.00 bits per heavy atom. The standard InChI is InChI=1S/C13H17O6P/c1-9-5-7-16-20(15,18-9)19-12-8-11-4-3-6-13(11,12)17-10(2)14/h3-4,8-9,11H,5-7H2,1-2H3. The zero-order valence-corrected chi connectivity index (χ0v) is 12.3. The first-order chi connectivity index (χ1) is 9.43. The van der Waals surface area contributed by atoms with Crippen LogP contribution in [0, 0.1) is 5.92 Å². The van der Waals surface area contributed by atoms with Gasteiger partial charge in [0.05, 0.1) is 12.7 Å². The lowest BCUT2D eigenvalue weighted by atomic mass is 9.77. The summed E-state index contributed by atoms with van der Waals surface area (Å²) in [5.41, 5.74) is -0.864. The van der Waals surface area contributed by atoms with Crippen LogP contribution in [0.1, 0.15) is 26.7 Å². The molecule has 4 atom stereocenters. The zero-order chi connectivity index (χ0) is 14.4. The molecule has 0 radical (unpaired) electrons. The fraction of sp³-hybridized carbons (Fsp3) is 0.615. The summed E-state index contributed by atoms with van der Waals surface area (Å²) in [6, 6.07) is 0. The third-order valence-electron chi connectivity index (χ3n) is 3.67. The largest absolute Gasteiger partial charge is 0.530 e. The second-order valence-electron chi connectivity index (χ2n) is 5.25. The normalized spacial score (nSPS) is 42.4.